The number of hydrogen-bond donors (Lipinski definition) is 1. The number of piperazine rings is 1. The summed E-state index contributed by atoms with van der Waals surface area (Å²) in [6, 6.07) is 12.2. The summed E-state index contributed by atoms with van der Waals surface area (Å²) in [5.41, 5.74) is 1.46. The fourth-order valence-corrected chi connectivity index (χ4v) is 2.90. The Morgan fingerprint density at radius 2 is 2.06 bits per heavy atom. The summed E-state index contributed by atoms with van der Waals surface area (Å²) in [5.74, 6) is 0.616. The fourth-order valence-electron chi connectivity index (χ4n) is 2.90. The molecule has 1 aromatic rings. The van der Waals surface area contributed by atoms with Crippen molar-refractivity contribution in [2.75, 3.05) is 19.6 Å². The van der Waals surface area contributed by atoms with Gasteiger partial charge in [0.2, 0.25) is 0 Å². The highest BCUT2D eigenvalue weighted by Gasteiger charge is 2.25. The SMILES string of the molecule is CCC1CNC(C)CN1CC(C)c1ccccc1. The number of nitrogens with zero attached hydrogens (tertiary/aromatic N) is 1. The predicted molar refractivity (Wildman–Crippen MR) is 78.0 cm³/mol. The van der Waals surface area contributed by atoms with Gasteiger partial charge in [0.1, 0.15) is 0 Å². The van der Waals surface area contributed by atoms with Crippen molar-refractivity contribution in [3.63, 3.8) is 0 Å². The molecular weight excluding hydrogens is 220 g/mol. The lowest BCUT2D eigenvalue weighted by molar-refractivity contribution is 0.125. The van der Waals surface area contributed by atoms with Crippen LogP contribution in [0.1, 0.15) is 38.7 Å². The Hall–Kier alpha value is -0.860. The third-order valence-corrected chi connectivity index (χ3v) is 4.07. The molecule has 1 aliphatic rings. The van der Waals surface area contributed by atoms with Crippen LogP contribution in [0, 0.1) is 0 Å². The van der Waals surface area contributed by atoms with E-state index < -0.39 is 0 Å². The molecule has 1 heterocycles. The summed E-state index contributed by atoms with van der Waals surface area (Å²) in [6.07, 6.45) is 1.24. The Morgan fingerprint density at radius 3 is 2.72 bits per heavy atom. The molecule has 2 heteroatoms. The number of nitrogens with one attached hydrogen (secondary N) is 1. The first-order valence-corrected chi connectivity index (χ1v) is 7.23. The highest BCUT2D eigenvalue weighted by Crippen LogP contribution is 2.19. The maximum atomic E-state index is 3.58. The van der Waals surface area contributed by atoms with Crippen molar-refractivity contribution in [2.45, 2.75) is 45.2 Å². The molecule has 100 valence electrons. The summed E-state index contributed by atoms with van der Waals surface area (Å²) in [6.45, 7) is 10.4. The van der Waals surface area contributed by atoms with Gasteiger partial charge >= 0.3 is 0 Å². The molecule has 1 fully saturated rings. The van der Waals surface area contributed by atoms with E-state index >= 15 is 0 Å². The molecule has 1 aliphatic heterocycles. The second-order valence-electron chi connectivity index (χ2n) is 5.64. The van der Waals surface area contributed by atoms with Crippen LogP contribution in [-0.2, 0) is 0 Å². The molecule has 2 rings (SSSR count). The van der Waals surface area contributed by atoms with Gasteiger partial charge in [-0.2, -0.15) is 0 Å². The third-order valence-electron chi connectivity index (χ3n) is 4.07. The molecule has 0 radical (unpaired) electrons. The van der Waals surface area contributed by atoms with E-state index in [-0.39, 0.29) is 0 Å². The van der Waals surface area contributed by atoms with E-state index in [4.69, 9.17) is 0 Å². The molecule has 0 saturated carbocycles. The van der Waals surface area contributed by atoms with Gasteiger partial charge in [-0.3, -0.25) is 4.90 Å². The summed E-state index contributed by atoms with van der Waals surface area (Å²) < 4.78 is 0. The minimum atomic E-state index is 0.616. The monoisotopic (exact) mass is 246 g/mol. The van der Waals surface area contributed by atoms with Crippen molar-refractivity contribution in [3.05, 3.63) is 35.9 Å². The van der Waals surface area contributed by atoms with E-state index in [1.54, 1.807) is 0 Å². The smallest absolute Gasteiger partial charge is 0.0219 e. The van der Waals surface area contributed by atoms with Gasteiger partial charge in [-0.05, 0) is 24.8 Å². The Balaban J connectivity index is 1.98. The van der Waals surface area contributed by atoms with Crippen molar-refractivity contribution in [1.82, 2.24) is 10.2 Å². The summed E-state index contributed by atoms with van der Waals surface area (Å²) >= 11 is 0. The maximum absolute atomic E-state index is 3.58. The van der Waals surface area contributed by atoms with Gasteiger partial charge in [-0.15, -0.1) is 0 Å². The lowest BCUT2D eigenvalue weighted by Gasteiger charge is -2.40. The number of rotatable bonds is 4. The zero-order valence-corrected chi connectivity index (χ0v) is 11.9. The molecule has 0 bridgehead atoms. The second kappa shape index (κ2) is 6.35. The molecule has 1 aromatic carbocycles. The Kier molecular flexibility index (Phi) is 4.79. The van der Waals surface area contributed by atoms with Crippen LogP contribution in [0.2, 0.25) is 0 Å². The number of benzene rings is 1. The van der Waals surface area contributed by atoms with E-state index in [1.165, 1.54) is 25.1 Å². The van der Waals surface area contributed by atoms with Crippen LogP contribution < -0.4 is 5.32 Å². The largest absolute Gasteiger partial charge is 0.311 e. The van der Waals surface area contributed by atoms with Crippen LogP contribution in [0.25, 0.3) is 0 Å². The maximum Gasteiger partial charge on any atom is 0.0219 e. The van der Waals surface area contributed by atoms with Crippen LogP contribution in [0.3, 0.4) is 0 Å². The molecule has 0 spiro atoms. The average Bonchev–Trinajstić information content (AvgIpc) is 2.40. The zero-order valence-electron chi connectivity index (χ0n) is 11.9. The average molecular weight is 246 g/mol. The second-order valence-corrected chi connectivity index (χ2v) is 5.64. The highest BCUT2D eigenvalue weighted by molar-refractivity contribution is 5.19. The lowest BCUT2D eigenvalue weighted by Crippen LogP contribution is -2.55. The van der Waals surface area contributed by atoms with Crippen molar-refractivity contribution >= 4 is 0 Å². The Bertz CT molecular complexity index is 349. The standard InChI is InChI=1S/C16H26N2/c1-4-16-10-17-14(3)12-18(16)11-13(2)15-8-6-5-7-9-15/h5-9,13-14,16-17H,4,10-12H2,1-3H3. The van der Waals surface area contributed by atoms with Crippen LogP contribution in [-0.4, -0.2) is 36.6 Å². The predicted octanol–water partition coefficient (Wildman–Crippen LogP) is 2.86. The van der Waals surface area contributed by atoms with Gasteiger partial charge in [-0.25, -0.2) is 0 Å². The summed E-state index contributed by atoms with van der Waals surface area (Å²) in [7, 11) is 0. The summed E-state index contributed by atoms with van der Waals surface area (Å²) in [5, 5.41) is 3.58. The van der Waals surface area contributed by atoms with Gasteiger partial charge in [0.25, 0.3) is 0 Å². The van der Waals surface area contributed by atoms with E-state index in [1.807, 2.05) is 0 Å². The molecule has 1 saturated heterocycles. The molecule has 1 N–H and O–H groups in total. The van der Waals surface area contributed by atoms with E-state index in [2.05, 4.69) is 61.3 Å². The number of hydrogen-bond acceptors (Lipinski definition) is 2. The molecule has 0 amide bonds. The van der Waals surface area contributed by atoms with Crippen molar-refractivity contribution in [1.29, 1.82) is 0 Å². The topological polar surface area (TPSA) is 15.3 Å². The van der Waals surface area contributed by atoms with Gasteiger partial charge in [0, 0.05) is 31.7 Å². The van der Waals surface area contributed by atoms with Crippen molar-refractivity contribution in [2.24, 2.45) is 0 Å². The normalized spacial score (nSPS) is 27.1. The first-order chi connectivity index (χ1) is 8.70. The van der Waals surface area contributed by atoms with Crippen molar-refractivity contribution in [3.8, 4) is 0 Å². The molecule has 2 nitrogen and oxygen atoms in total. The van der Waals surface area contributed by atoms with Gasteiger partial charge in [0.05, 0.1) is 0 Å². The Morgan fingerprint density at radius 1 is 1.33 bits per heavy atom. The molecular formula is C16H26N2. The lowest BCUT2D eigenvalue weighted by atomic mass is 9.98. The highest BCUT2D eigenvalue weighted by atomic mass is 15.2. The van der Waals surface area contributed by atoms with Gasteiger partial charge < -0.3 is 5.32 Å². The summed E-state index contributed by atoms with van der Waals surface area (Å²) in [4.78, 5) is 2.67. The van der Waals surface area contributed by atoms with E-state index in [0.717, 1.165) is 6.54 Å². The minimum Gasteiger partial charge on any atom is -0.311 e. The van der Waals surface area contributed by atoms with Crippen LogP contribution >= 0.6 is 0 Å². The first kappa shape index (κ1) is 13.6. The van der Waals surface area contributed by atoms with E-state index in [9.17, 15) is 0 Å². The third kappa shape index (κ3) is 3.33. The molecule has 18 heavy (non-hydrogen) atoms. The van der Waals surface area contributed by atoms with Crippen molar-refractivity contribution < 1.29 is 0 Å². The van der Waals surface area contributed by atoms with Crippen LogP contribution in [0.15, 0.2) is 30.3 Å². The Labute approximate surface area is 111 Å². The molecule has 3 atom stereocenters. The van der Waals surface area contributed by atoms with Crippen LogP contribution in [0.5, 0.6) is 0 Å². The van der Waals surface area contributed by atoms with Crippen LogP contribution in [0.4, 0.5) is 0 Å². The van der Waals surface area contributed by atoms with Gasteiger partial charge in [-0.1, -0.05) is 44.2 Å². The van der Waals surface area contributed by atoms with Gasteiger partial charge in [0.15, 0.2) is 0 Å². The first-order valence-electron chi connectivity index (χ1n) is 7.23. The van der Waals surface area contributed by atoms with E-state index in [0.29, 0.717) is 18.0 Å². The quantitative estimate of drug-likeness (QED) is 0.879. The fraction of sp³-hybridized carbons (Fsp3) is 0.625. The molecule has 3 unspecified atom stereocenters. The minimum absolute atomic E-state index is 0.616. The zero-order chi connectivity index (χ0) is 13.0. The molecule has 0 aliphatic carbocycles. The molecule has 0 aromatic heterocycles.